The number of nitrogens with zero attached hydrogens (tertiary/aromatic N) is 2. The molecule has 2 atom stereocenters. The molecule has 1 fully saturated rings. The van der Waals surface area contributed by atoms with Gasteiger partial charge in [-0.05, 0) is 68.7 Å². The maximum absolute atomic E-state index is 12.1. The average Bonchev–Trinajstić information content (AvgIpc) is 3.68. The highest BCUT2D eigenvalue weighted by atomic mass is 16.3. The molecule has 4 aromatic rings. The molecule has 186 valence electrons. The quantitative estimate of drug-likeness (QED) is 0.307. The predicted molar refractivity (Wildman–Crippen MR) is 143 cm³/mol. The van der Waals surface area contributed by atoms with Crippen LogP contribution in [-0.4, -0.2) is 26.6 Å². The number of fused-ring (bicyclic) bond motifs is 1. The molecule has 1 aliphatic rings. The van der Waals surface area contributed by atoms with Crippen LogP contribution in [-0.2, 0) is 11.2 Å². The lowest BCUT2D eigenvalue weighted by atomic mass is 9.99. The second kappa shape index (κ2) is 10.3. The fraction of sp³-hybridized carbons (Fsp3) is 0.355. The first-order valence-corrected chi connectivity index (χ1v) is 13.0. The number of imidazole rings is 1. The summed E-state index contributed by atoms with van der Waals surface area (Å²) in [5, 5.41) is 18.8. The lowest BCUT2D eigenvalue weighted by molar-refractivity contribution is -0.122. The van der Waals surface area contributed by atoms with Gasteiger partial charge >= 0.3 is 0 Å². The van der Waals surface area contributed by atoms with Gasteiger partial charge in [-0.1, -0.05) is 71.8 Å². The Morgan fingerprint density at radius 3 is 2.08 bits per heavy atom. The third-order valence-electron chi connectivity index (χ3n) is 7.51. The zero-order valence-electron chi connectivity index (χ0n) is 21.2. The van der Waals surface area contributed by atoms with Gasteiger partial charge in [0.2, 0.25) is 5.62 Å². The third-order valence-corrected chi connectivity index (χ3v) is 7.51. The summed E-state index contributed by atoms with van der Waals surface area (Å²) in [5.74, 6) is 0.364. The van der Waals surface area contributed by atoms with Crippen LogP contribution in [0.15, 0.2) is 72.8 Å². The van der Waals surface area contributed by atoms with Gasteiger partial charge in [-0.25, -0.2) is 0 Å². The highest BCUT2D eigenvalue weighted by molar-refractivity contribution is 5.79. The van der Waals surface area contributed by atoms with E-state index in [2.05, 4.69) is 83.6 Å². The Balaban J connectivity index is 1.64. The lowest BCUT2D eigenvalue weighted by Crippen LogP contribution is -2.32. The number of para-hydroxylation sites is 2. The minimum atomic E-state index is -0.436. The van der Waals surface area contributed by atoms with Gasteiger partial charge in [0.15, 0.2) is 5.78 Å². The van der Waals surface area contributed by atoms with Gasteiger partial charge in [-0.2, -0.15) is 0 Å². The number of nitrogens with one attached hydrogen (secondary N) is 1. The monoisotopic (exact) mass is 481 g/mol. The number of aliphatic hydroxyl groups is 1. The number of aliphatic hydroxyl groups excluding tert-OH is 1. The Morgan fingerprint density at radius 2 is 1.50 bits per heavy atom. The molecule has 1 heterocycles. The van der Waals surface area contributed by atoms with Crippen molar-refractivity contribution < 1.29 is 9.90 Å². The van der Waals surface area contributed by atoms with Crippen molar-refractivity contribution in [3.05, 3.63) is 101 Å². The Bertz CT molecular complexity index is 1410. The van der Waals surface area contributed by atoms with E-state index in [1.807, 2.05) is 12.1 Å². The summed E-state index contributed by atoms with van der Waals surface area (Å²) in [7, 11) is 0. The molecule has 0 bridgehead atoms. The topological polar surface area (TPSA) is 71.0 Å². The van der Waals surface area contributed by atoms with Crippen LogP contribution in [0.5, 0.6) is 0 Å². The number of carbonyl (C=O) groups is 1. The molecular weight excluding hydrogens is 446 g/mol. The van der Waals surface area contributed by atoms with E-state index in [0.717, 1.165) is 17.5 Å². The smallest absolute Gasteiger partial charge is 0.203 e. The molecule has 1 aromatic heterocycles. The van der Waals surface area contributed by atoms with Crippen LogP contribution in [0.4, 0.5) is 0 Å². The second-order valence-electron chi connectivity index (χ2n) is 10.3. The van der Waals surface area contributed by atoms with Gasteiger partial charge in [0.1, 0.15) is 6.61 Å². The molecule has 5 heteroatoms. The fourth-order valence-electron chi connectivity index (χ4n) is 5.40. The summed E-state index contributed by atoms with van der Waals surface area (Å²) in [6.07, 6.45) is 3.94. The number of carbonyl (C=O) groups excluding carboxylic acids is 1. The van der Waals surface area contributed by atoms with Gasteiger partial charge < -0.3 is 14.2 Å². The minimum absolute atomic E-state index is 0.0697. The van der Waals surface area contributed by atoms with E-state index in [1.165, 1.54) is 35.1 Å². The molecular formula is C31H35N3O2. The molecule has 2 unspecified atom stereocenters. The SMILES string of the molecule is Cc1ccc(CC(CCC(=O)CO)n2c(=N)n(C(c3ccc(C)cc3)C3CC3)c3ccccc32)cc1. The highest BCUT2D eigenvalue weighted by Gasteiger charge is 2.36. The average molecular weight is 482 g/mol. The molecule has 36 heavy (non-hydrogen) atoms. The molecule has 3 aromatic carbocycles. The number of hydrogen-bond donors (Lipinski definition) is 2. The van der Waals surface area contributed by atoms with Crippen molar-refractivity contribution in [3.8, 4) is 0 Å². The highest BCUT2D eigenvalue weighted by Crippen LogP contribution is 2.44. The molecule has 0 radical (unpaired) electrons. The van der Waals surface area contributed by atoms with E-state index < -0.39 is 6.61 Å². The number of hydrogen-bond acceptors (Lipinski definition) is 3. The van der Waals surface area contributed by atoms with Crippen molar-refractivity contribution in [3.63, 3.8) is 0 Å². The first-order chi connectivity index (χ1) is 17.5. The molecule has 0 aliphatic heterocycles. The third kappa shape index (κ3) is 4.93. The molecule has 5 nitrogen and oxygen atoms in total. The number of aromatic nitrogens is 2. The first kappa shape index (κ1) is 24.3. The summed E-state index contributed by atoms with van der Waals surface area (Å²) in [6, 6.07) is 25.6. The fourth-order valence-corrected chi connectivity index (χ4v) is 5.40. The summed E-state index contributed by atoms with van der Waals surface area (Å²) >= 11 is 0. The van der Waals surface area contributed by atoms with E-state index in [4.69, 9.17) is 0 Å². The molecule has 0 amide bonds. The molecule has 0 saturated heterocycles. The summed E-state index contributed by atoms with van der Waals surface area (Å²) < 4.78 is 4.34. The van der Waals surface area contributed by atoms with Crippen molar-refractivity contribution >= 4 is 16.8 Å². The lowest BCUT2D eigenvalue weighted by Gasteiger charge is -2.22. The molecule has 1 saturated carbocycles. The summed E-state index contributed by atoms with van der Waals surface area (Å²) in [4.78, 5) is 12.1. The number of ketones is 1. The van der Waals surface area contributed by atoms with Crippen molar-refractivity contribution in [1.29, 1.82) is 5.41 Å². The van der Waals surface area contributed by atoms with Crippen LogP contribution in [0, 0.1) is 25.2 Å². The number of rotatable bonds is 10. The molecule has 0 spiro atoms. The van der Waals surface area contributed by atoms with Crippen LogP contribution in [0.2, 0.25) is 0 Å². The standard InChI is InChI=1S/C31H35N3O2/c1-21-7-11-23(12-8-21)19-26(17-18-27(36)20-35)33-28-5-3-4-6-29(28)34(31(33)32)30(25-15-16-25)24-13-9-22(2)10-14-24/h3-14,25-26,30,32,35H,15-20H2,1-2H3. The Kier molecular flexibility index (Phi) is 6.92. The zero-order valence-corrected chi connectivity index (χ0v) is 21.2. The van der Waals surface area contributed by atoms with Crippen LogP contribution < -0.4 is 5.62 Å². The van der Waals surface area contributed by atoms with E-state index in [1.54, 1.807) is 0 Å². The van der Waals surface area contributed by atoms with E-state index >= 15 is 0 Å². The van der Waals surface area contributed by atoms with Crippen molar-refractivity contribution in [1.82, 2.24) is 9.13 Å². The van der Waals surface area contributed by atoms with Crippen LogP contribution >= 0.6 is 0 Å². The first-order valence-electron chi connectivity index (χ1n) is 13.0. The van der Waals surface area contributed by atoms with E-state index in [9.17, 15) is 15.3 Å². The molecule has 1 aliphatic carbocycles. The minimum Gasteiger partial charge on any atom is -0.389 e. The van der Waals surface area contributed by atoms with Gasteiger partial charge in [0, 0.05) is 12.5 Å². The van der Waals surface area contributed by atoms with E-state index in [0.29, 0.717) is 24.4 Å². The molecule has 2 N–H and O–H groups in total. The van der Waals surface area contributed by atoms with Gasteiger partial charge in [-0.3, -0.25) is 10.2 Å². The maximum Gasteiger partial charge on any atom is 0.203 e. The zero-order chi connectivity index (χ0) is 25.2. The normalized spacial score (nSPS) is 15.2. The predicted octanol–water partition coefficient (Wildman–Crippen LogP) is 5.66. The Hall–Kier alpha value is -3.44. The Labute approximate surface area is 212 Å². The second-order valence-corrected chi connectivity index (χ2v) is 10.3. The van der Waals surface area contributed by atoms with Gasteiger partial charge in [0.25, 0.3) is 0 Å². The largest absolute Gasteiger partial charge is 0.389 e. The Morgan fingerprint density at radius 1 is 0.917 bits per heavy atom. The number of benzene rings is 3. The summed E-state index contributed by atoms with van der Waals surface area (Å²) in [6.45, 7) is 3.75. The number of aryl methyl sites for hydroxylation is 2. The van der Waals surface area contributed by atoms with Crippen LogP contribution in [0.3, 0.4) is 0 Å². The summed E-state index contributed by atoms with van der Waals surface area (Å²) in [5.41, 5.74) is 7.43. The van der Waals surface area contributed by atoms with Crippen molar-refractivity contribution in [2.24, 2.45) is 5.92 Å². The van der Waals surface area contributed by atoms with Crippen LogP contribution in [0.25, 0.3) is 11.0 Å². The van der Waals surface area contributed by atoms with Gasteiger partial charge in [-0.15, -0.1) is 0 Å². The van der Waals surface area contributed by atoms with E-state index in [-0.39, 0.29) is 17.9 Å². The maximum atomic E-state index is 12.1. The molecule has 5 rings (SSSR count). The van der Waals surface area contributed by atoms with Crippen molar-refractivity contribution in [2.45, 2.75) is 58.0 Å². The van der Waals surface area contributed by atoms with Crippen LogP contribution in [0.1, 0.15) is 60.0 Å². The van der Waals surface area contributed by atoms with Crippen molar-refractivity contribution in [2.75, 3.05) is 6.61 Å². The number of Topliss-reactive ketones (excluding diaryl/α,β-unsaturated/α-hetero) is 1. The van der Waals surface area contributed by atoms with Gasteiger partial charge in [0.05, 0.1) is 17.1 Å².